The summed E-state index contributed by atoms with van der Waals surface area (Å²) < 4.78 is 15.4. The van der Waals surface area contributed by atoms with E-state index in [0.29, 0.717) is 22.9 Å². The molecule has 2 aromatic rings. The monoisotopic (exact) mass is 290 g/mol. The van der Waals surface area contributed by atoms with E-state index in [2.05, 4.69) is 10.5 Å². The number of hydrogen-bond acceptors (Lipinski definition) is 5. The van der Waals surface area contributed by atoms with Gasteiger partial charge in [-0.3, -0.25) is 4.79 Å². The van der Waals surface area contributed by atoms with Crippen molar-refractivity contribution in [1.29, 1.82) is 0 Å². The third kappa shape index (κ3) is 3.53. The van der Waals surface area contributed by atoms with Crippen LogP contribution in [0.5, 0.6) is 11.5 Å². The van der Waals surface area contributed by atoms with Crippen LogP contribution in [0.15, 0.2) is 28.8 Å². The number of rotatable bonds is 6. The number of carbonyl (C=O) groups excluding carboxylic acids is 1. The van der Waals surface area contributed by atoms with Gasteiger partial charge in [-0.25, -0.2) is 0 Å². The zero-order valence-electron chi connectivity index (χ0n) is 12.3. The number of nitrogens with zero attached hydrogens (tertiary/aromatic N) is 1. The fourth-order valence-electron chi connectivity index (χ4n) is 1.87. The zero-order chi connectivity index (χ0) is 15.2. The Bertz CT molecular complexity index is 622. The molecule has 0 saturated carbocycles. The molecule has 1 aromatic heterocycles. The predicted octanol–water partition coefficient (Wildman–Crippen LogP) is 2.90. The Morgan fingerprint density at radius 1 is 1.29 bits per heavy atom. The lowest BCUT2D eigenvalue weighted by molar-refractivity contribution is 0.101. The van der Waals surface area contributed by atoms with E-state index in [0.717, 1.165) is 12.8 Å². The highest BCUT2D eigenvalue weighted by molar-refractivity contribution is 6.03. The lowest BCUT2D eigenvalue weighted by Gasteiger charge is -2.10. The summed E-state index contributed by atoms with van der Waals surface area (Å²) in [5.41, 5.74) is 0.791. The van der Waals surface area contributed by atoms with Crippen molar-refractivity contribution in [3.8, 4) is 11.5 Å². The highest BCUT2D eigenvalue weighted by Gasteiger charge is 2.15. The van der Waals surface area contributed by atoms with Crippen LogP contribution in [-0.2, 0) is 6.42 Å². The third-order valence-corrected chi connectivity index (χ3v) is 2.94. The van der Waals surface area contributed by atoms with Gasteiger partial charge in [0.25, 0.3) is 5.91 Å². The lowest BCUT2D eigenvalue weighted by atomic mass is 10.2. The van der Waals surface area contributed by atoms with E-state index in [9.17, 15) is 4.79 Å². The van der Waals surface area contributed by atoms with Crippen LogP contribution in [0.3, 0.4) is 0 Å². The molecule has 1 aromatic carbocycles. The quantitative estimate of drug-likeness (QED) is 0.885. The molecule has 6 heteroatoms. The Kier molecular flexibility index (Phi) is 4.81. The second-order valence-corrected chi connectivity index (χ2v) is 4.45. The van der Waals surface area contributed by atoms with Crippen LogP contribution in [-0.4, -0.2) is 25.3 Å². The van der Waals surface area contributed by atoms with Gasteiger partial charge in [-0.15, -0.1) is 0 Å². The van der Waals surface area contributed by atoms with Crippen LogP contribution in [0.4, 0.5) is 5.69 Å². The van der Waals surface area contributed by atoms with Crippen molar-refractivity contribution in [2.75, 3.05) is 19.5 Å². The Hall–Kier alpha value is -2.50. The minimum absolute atomic E-state index is 0.247. The van der Waals surface area contributed by atoms with Crippen LogP contribution < -0.4 is 14.8 Å². The van der Waals surface area contributed by atoms with Gasteiger partial charge in [-0.2, -0.15) is 0 Å². The summed E-state index contributed by atoms with van der Waals surface area (Å²) in [4.78, 5) is 12.1. The van der Waals surface area contributed by atoms with Gasteiger partial charge >= 0.3 is 0 Å². The lowest BCUT2D eigenvalue weighted by Crippen LogP contribution is -2.13. The van der Waals surface area contributed by atoms with E-state index in [1.807, 2.05) is 6.92 Å². The topological polar surface area (TPSA) is 73.6 Å². The Balaban J connectivity index is 2.14. The molecule has 0 aliphatic carbocycles. The molecule has 0 aliphatic rings. The van der Waals surface area contributed by atoms with Gasteiger partial charge in [0.2, 0.25) is 0 Å². The SMILES string of the molecule is CCCc1cc(C(=O)Nc2ccc(OC)cc2OC)no1. The number of carbonyl (C=O) groups is 1. The van der Waals surface area contributed by atoms with Crippen LogP contribution >= 0.6 is 0 Å². The molecule has 0 bridgehead atoms. The standard InChI is InChI=1S/C15H18N2O4/c1-4-5-11-8-13(17-21-11)15(18)16-12-7-6-10(19-2)9-14(12)20-3/h6-9H,4-5H2,1-3H3,(H,16,18). The first-order chi connectivity index (χ1) is 10.2. The normalized spacial score (nSPS) is 10.2. The van der Waals surface area contributed by atoms with Gasteiger partial charge in [-0.1, -0.05) is 12.1 Å². The average Bonchev–Trinajstić information content (AvgIpc) is 2.96. The van der Waals surface area contributed by atoms with Crippen molar-refractivity contribution in [2.24, 2.45) is 0 Å². The summed E-state index contributed by atoms with van der Waals surface area (Å²) >= 11 is 0. The second kappa shape index (κ2) is 6.78. The summed E-state index contributed by atoms with van der Waals surface area (Å²) in [6.45, 7) is 2.03. The number of anilines is 1. The second-order valence-electron chi connectivity index (χ2n) is 4.45. The molecule has 2 rings (SSSR count). The summed E-state index contributed by atoms with van der Waals surface area (Å²) in [5, 5.41) is 6.51. The van der Waals surface area contributed by atoms with Crippen molar-refractivity contribution in [1.82, 2.24) is 5.16 Å². The first kappa shape index (κ1) is 14.9. The molecule has 0 atom stereocenters. The molecule has 0 radical (unpaired) electrons. The van der Waals surface area contributed by atoms with Gasteiger partial charge in [0.05, 0.1) is 19.9 Å². The fraction of sp³-hybridized carbons (Fsp3) is 0.333. The number of aromatic nitrogens is 1. The molecule has 6 nitrogen and oxygen atoms in total. The number of benzene rings is 1. The van der Waals surface area contributed by atoms with E-state index in [4.69, 9.17) is 14.0 Å². The summed E-state index contributed by atoms with van der Waals surface area (Å²) in [6.07, 6.45) is 1.69. The molecule has 0 unspecified atom stereocenters. The van der Waals surface area contributed by atoms with E-state index >= 15 is 0 Å². The number of aryl methyl sites for hydroxylation is 1. The van der Waals surface area contributed by atoms with E-state index in [1.54, 1.807) is 31.4 Å². The molecule has 0 aliphatic heterocycles. The maximum atomic E-state index is 12.1. The minimum Gasteiger partial charge on any atom is -0.497 e. The number of methoxy groups -OCH3 is 2. The van der Waals surface area contributed by atoms with Crippen molar-refractivity contribution >= 4 is 11.6 Å². The van der Waals surface area contributed by atoms with Gasteiger partial charge in [0, 0.05) is 18.6 Å². The number of ether oxygens (including phenoxy) is 2. The summed E-state index contributed by atoms with van der Waals surface area (Å²) in [7, 11) is 3.09. The van der Waals surface area contributed by atoms with Crippen LogP contribution in [0.1, 0.15) is 29.6 Å². The molecular weight excluding hydrogens is 272 g/mol. The maximum Gasteiger partial charge on any atom is 0.277 e. The van der Waals surface area contributed by atoms with E-state index in [1.165, 1.54) is 7.11 Å². The average molecular weight is 290 g/mol. The Morgan fingerprint density at radius 3 is 2.76 bits per heavy atom. The third-order valence-electron chi connectivity index (χ3n) is 2.94. The molecule has 0 fully saturated rings. The van der Waals surface area contributed by atoms with Crippen molar-refractivity contribution in [3.05, 3.63) is 35.7 Å². The molecule has 1 amide bonds. The van der Waals surface area contributed by atoms with Gasteiger partial charge in [-0.05, 0) is 18.6 Å². The van der Waals surface area contributed by atoms with Crippen molar-refractivity contribution < 1.29 is 18.8 Å². The minimum atomic E-state index is -0.343. The fourth-order valence-corrected chi connectivity index (χ4v) is 1.87. The first-order valence-electron chi connectivity index (χ1n) is 6.67. The van der Waals surface area contributed by atoms with Gasteiger partial charge in [0.15, 0.2) is 5.69 Å². The highest BCUT2D eigenvalue weighted by atomic mass is 16.5. The molecule has 112 valence electrons. The predicted molar refractivity (Wildman–Crippen MR) is 78.0 cm³/mol. The molecule has 1 N–H and O–H groups in total. The van der Waals surface area contributed by atoms with E-state index in [-0.39, 0.29) is 11.6 Å². The van der Waals surface area contributed by atoms with Crippen molar-refractivity contribution in [3.63, 3.8) is 0 Å². The summed E-state index contributed by atoms with van der Waals surface area (Å²) in [6, 6.07) is 6.79. The van der Waals surface area contributed by atoms with E-state index < -0.39 is 0 Å². The number of nitrogens with one attached hydrogen (secondary N) is 1. The number of amides is 1. The van der Waals surface area contributed by atoms with Gasteiger partial charge in [0.1, 0.15) is 17.3 Å². The largest absolute Gasteiger partial charge is 0.497 e. The number of hydrogen-bond donors (Lipinski definition) is 1. The zero-order valence-corrected chi connectivity index (χ0v) is 12.3. The smallest absolute Gasteiger partial charge is 0.277 e. The molecule has 0 saturated heterocycles. The van der Waals surface area contributed by atoms with Crippen LogP contribution in [0.2, 0.25) is 0 Å². The Labute approximate surface area is 123 Å². The molecular formula is C15H18N2O4. The summed E-state index contributed by atoms with van der Waals surface area (Å²) in [5.74, 6) is 1.52. The molecule has 1 heterocycles. The van der Waals surface area contributed by atoms with Crippen molar-refractivity contribution in [2.45, 2.75) is 19.8 Å². The Morgan fingerprint density at radius 2 is 2.10 bits per heavy atom. The highest BCUT2D eigenvalue weighted by Crippen LogP contribution is 2.29. The first-order valence-corrected chi connectivity index (χ1v) is 6.67. The molecule has 0 spiro atoms. The molecule has 21 heavy (non-hydrogen) atoms. The van der Waals surface area contributed by atoms with Crippen LogP contribution in [0.25, 0.3) is 0 Å². The van der Waals surface area contributed by atoms with Crippen LogP contribution in [0, 0.1) is 0 Å². The maximum absolute atomic E-state index is 12.1. The van der Waals surface area contributed by atoms with Gasteiger partial charge < -0.3 is 19.3 Å².